The molecule has 3 N–H and O–H groups in total. The number of halogens is 1. The molecule has 0 aliphatic heterocycles. The maximum atomic E-state index is 14.1. The molecule has 0 fully saturated rings. The number of aliphatic hydroxyl groups is 1. The number of aliphatic hydroxyl groups excluding tert-OH is 1. The highest BCUT2D eigenvalue weighted by atomic mass is 19.1. The van der Waals surface area contributed by atoms with Crippen molar-refractivity contribution in [2.75, 3.05) is 6.54 Å². The van der Waals surface area contributed by atoms with Gasteiger partial charge in [0.25, 0.3) is 0 Å². The largest absolute Gasteiger partial charge is 0.486 e. The number of nitrogens with two attached hydrogens (primary N) is 1. The molecule has 0 aliphatic carbocycles. The normalized spacial score (nSPS) is 12.2. The second-order valence-corrected chi connectivity index (χ2v) is 4.19. The molecule has 0 saturated heterocycles. The Hall–Kier alpha value is -1.91. The maximum Gasteiger partial charge on any atom is 0.170 e. The van der Waals surface area contributed by atoms with Crippen LogP contribution < -0.4 is 10.5 Å². The summed E-state index contributed by atoms with van der Waals surface area (Å²) in [6, 6.07) is 14.2. The van der Waals surface area contributed by atoms with E-state index in [1.54, 1.807) is 6.07 Å². The standard InChI is InChI=1S/C15H16FNO2/c16-15-12(13(18)9-17)7-4-8-14(15)19-10-11-5-2-1-3-6-11/h1-8,13,18H,9-10,17H2/t13-/m1/s1. The second-order valence-electron chi connectivity index (χ2n) is 4.19. The van der Waals surface area contributed by atoms with Crippen LogP contribution in [-0.4, -0.2) is 11.7 Å². The fourth-order valence-electron chi connectivity index (χ4n) is 1.76. The van der Waals surface area contributed by atoms with Gasteiger partial charge in [-0.3, -0.25) is 0 Å². The van der Waals surface area contributed by atoms with Crippen molar-refractivity contribution in [3.63, 3.8) is 0 Å². The van der Waals surface area contributed by atoms with Crippen LogP contribution in [0.2, 0.25) is 0 Å². The van der Waals surface area contributed by atoms with Gasteiger partial charge in [0, 0.05) is 12.1 Å². The lowest BCUT2D eigenvalue weighted by molar-refractivity contribution is 0.179. The molecule has 0 heterocycles. The SMILES string of the molecule is NC[C@@H](O)c1cccc(OCc2ccccc2)c1F. The van der Waals surface area contributed by atoms with E-state index in [0.717, 1.165) is 5.56 Å². The number of rotatable bonds is 5. The molecule has 19 heavy (non-hydrogen) atoms. The molecule has 2 aromatic rings. The van der Waals surface area contributed by atoms with E-state index in [4.69, 9.17) is 10.5 Å². The third-order valence-electron chi connectivity index (χ3n) is 2.81. The maximum absolute atomic E-state index is 14.1. The van der Waals surface area contributed by atoms with Gasteiger partial charge in [-0.15, -0.1) is 0 Å². The zero-order valence-corrected chi connectivity index (χ0v) is 10.4. The summed E-state index contributed by atoms with van der Waals surface area (Å²) in [5.74, 6) is -0.440. The fraction of sp³-hybridized carbons (Fsp3) is 0.200. The molecule has 1 atom stereocenters. The summed E-state index contributed by atoms with van der Waals surface area (Å²) in [5, 5.41) is 9.60. The molecule has 0 unspecified atom stereocenters. The lowest BCUT2D eigenvalue weighted by Gasteiger charge is -2.13. The summed E-state index contributed by atoms with van der Waals surface area (Å²) in [6.45, 7) is 0.249. The van der Waals surface area contributed by atoms with E-state index in [0.29, 0.717) is 0 Å². The van der Waals surface area contributed by atoms with E-state index in [2.05, 4.69) is 0 Å². The number of ether oxygens (including phenoxy) is 1. The molecular weight excluding hydrogens is 245 g/mol. The third kappa shape index (κ3) is 3.30. The monoisotopic (exact) mass is 261 g/mol. The van der Waals surface area contributed by atoms with Gasteiger partial charge >= 0.3 is 0 Å². The molecule has 2 rings (SSSR count). The van der Waals surface area contributed by atoms with Gasteiger partial charge in [-0.05, 0) is 11.6 Å². The lowest BCUT2D eigenvalue weighted by Crippen LogP contribution is -2.13. The summed E-state index contributed by atoms with van der Waals surface area (Å²) in [6.07, 6.45) is -1.01. The topological polar surface area (TPSA) is 55.5 Å². The summed E-state index contributed by atoms with van der Waals surface area (Å²) in [4.78, 5) is 0. The minimum atomic E-state index is -1.01. The predicted molar refractivity (Wildman–Crippen MR) is 71.2 cm³/mol. The Kier molecular flexibility index (Phi) is 4.49. The molecule has 0 spiro atoms. The number of benzene rings is 2. The Labute approximate surface area is 111 Å². The van der Waals surface area contributed by atoms with Crippen LogP contribution in [0.25, 0.3) is 0 Å². The fourth-order valence-corrected chi connectivity index (χ4v) is 1.76. The molecule has 0 radical (unpaired) electrons. The van der Waals surface area contributed by atoms with E-state index in [-0.39, 0.29) is 24.5 Å². The van der Waals surface area contributed by atoms with E-state index in [9.17, 15) is 9.50 Å². The second kappa shape index (κ2) is 6.31. The lowest BCUT2D eigenvalue weighted by atomic mass is 10.1. The molecule has 3 nitrogen and oxygen atoms in total. The first-order valence-corrected chi connectivity index (χ1v) is 6.05. The van der Waals surface area contributed by atoms with Crippen LogP contribution >= 0.6 is 0 Å². The Balaban J connectivity index is 2.13. The van der Waals surface area contributed by atoms with Crippen molar-refractivity contribution in [1.82, 2.24) is 0 Å². The minimum absolute atomic E-state index is 0.0287. The molecule has 0 amide bonds. The van der Waals surface area contributed by atoms with Crippen molar-refractivity contribution in [3.8, 4) is 5.75 Å². The Morgan fingerprint density at radius 3 is 2.53 bits per heavy atom. The van der Waals surface area contributed by atoms with Crippen LogP contribution in [-0.2, 0) is 6.61 Å². The van der Waals surface area contributed by atoms with Crippen LogP contribution in [0.3, 0.4) is 0 Å². The first-order valence-electron chi connectivity index (χ1n) is 6.05. The minimum Gasteiger partial charge on any atom is -0.486 e. The highest BCUT2D eigenvalue weighted by molar-refractivity contribution is 5.33. The average Bonchev–Trinajstić information content (AvgIpc) is 2.46. The first kappa shape index (κ1) is 13.5. The molecule has 2 aromatic carbocycles. The number of hydrogen-bond donors (Lipinski definition) is 2. The van der Waals surface area contributed by atoms with E-state index in [1.807, 2.05) is 30.3 Å². The van der Waals surface area contributed by atoms with E-state index >= 15 is 0 Å². The van der Waals surface area contributed by atoms with E-state index < -0.39 is 11.9 Å². The summed E-state index contributed by atoms with van der Waals surface area (Å²) in [5.41, 5.74) is 6.44. The van der Waals surface area contributed by atoms with Crippen molar-refractivity contribution in [3.05, 3.63) is 65.5 Å². The quantitative estimate of drug-likeness (QED) is 0.869. The summed E-state index contributed by atoms with van der Waals surface area (Å²) < 4.78 is 19.5. The van der Waals surface area contributed by atoms with Crippen LogP contribution in [0, 0.1) is 5.82 Å². The number of hydrogen-bond acceptors (Lipinski definition) is 3. The van der Waals surface area contributed by atoms with Gasteiger partial charge in [0.1, 0.15) is 6.61 Å². The molecule has 0 saturated carbocycles. The Bertz CT molecular complexity index is 531. The van der Waals surface area contributed by atoms with Gasteiger partial charge in [-0.25, -0.2) is 4.39 Å². The van der Waals surface area contributed by atoms with Crippen molar-refractivity contribution < 1.29 is 14.2 Å². The molecule has 0 aromatic heterocycles. The molecule has 4 heteroatoms. The zero-order chi connectivity index (χ0) is 13.7. The van der Waals surface area contributed by atoms with Gasteiger partial charge in [0.2, 0.25) is 0 Å². The summed E-state index contributed by atoms with van der Waals surface area (Å²) in [7, 11) is 0. The first-order chi connectivity index (χ1) is 9.22. The molecule has 100 valence electrons. The predicted octanol–water partition coefficient (Wildman–Crippen LogP) is 2.40. The highest BCUT2D eigenvalue weighted by Crippen LogP contribution is 2.25. The average molecular weight is 261 g/mol. The highest BCUT2D eigenvalue weighted by Gasteiger charge is 2.15. The Morgan fingerprint density at radius 1 is 1.11 bits per heavy atom. The smallest absolute Gasteiger partial charge is 0.170 e. The van der Waals surface area contributed by atoms with Gasteiger partial charge in [-0.1, -0.05) is 42.5 Å². The van der Waals surface area contributed by atoms with Crippen LogP contribution in [0.5, 0.6) is 5.75 Å². The van der Waals surface area contributed by atoms with E-state index in [1.165, 1.54) is 12.1 Å². The van der Waals surface area contributed by atoms with Crippen molar-refractivity contribution in [2.45, 2.75) is 12.7 Å². The molecule has 0 bridgehead atoms. The van der Waals surface area contributed by atoms with Crippen molar-refractivity contribution >= 4 is 0 Å². The molecule has 0 aliphatic rings. The van der Waals surface area contributed by atoms with Crippen molar-refractivity contribution in [2.24, 2.45) is 5.73 Å². The third-order valence-corrected chi connectivity index (χ3v) is 2.81. The van der Waals surface area contributed by atoms with Crippen LogP contribution in [0.4, 0.5) is 4.39 Å². The van der Waals surface area contributed by atoms with Gasteiger partial charge in [0.15, 0.2) is 11.6 Å². The zero-order valence-electron chi connectivity index (χ0n) is 10.4. The Morgan fingerprint density at radius 2 is 1.84 bits per heavy atom. The van der Waals surface area contributed by atoms with Gasteiger partial charge in [-0.2, -0.15) is 0 Å². The molecular formula is C15H16FNO2. The van der Waals surface area contributed by atoms with Crippen LogP contribution in [0.15, 0.2) is 48.5 Å². The summed E-state index contributed by atoms with van der Waals surface area (Å²) >= 11 is 0. The van der Waals surface area contributed by atoms with Crippen LogP contribution in [0.1, 0.15) is 17.2 Å². The van der Waals surface area contributed by atoms with Gasteiger partial charge < -0.3 is 15.6 Å². The van der Waals surface area contributed by atoms with Crippen molar-refractivity contribution in [1.29, 1.82) is 0 Å². The van der Waals surface area contributed by atoms with Gasteiger partial charge in [0.05, 0.1) is 6.10 Å².